The molecule has 2 aliphatic carbocycles. The van der Waals surface area contributed by atoms with Crippen LogP contribution in [-0.4, -0.2) is 5.11 Å². The lowest BCUT2D eigenvalue weighted by Crippen LogP contribution is -2.14. The Labute approximate surface area is 87.8 Å². The zero-order valence-corrected chi connectivity index (χ0v) is 8.01. The summed E-state index contributed by atoms with van der Waals surface area (Å²) < 4.78 is 0. The molecular weight excluding hydrogens is 188 g/mol. The van der Waals surface area contributed by atoms with Crippen molar-refractivity contribution in [2.45, 2.75) is 0 Å². The number of hydrogen-bond donors (Lipinski definition) is 2. The number of aliphatic hydroxyl groups is 1. The van der Waals surface area contributed by atoms with E-state index in [0.29, 0.717) is 11.3 Å². The van der Waals surface area contributed by atoms with E-state index in [9.17, 15) is 5.11 Å². The average molecular weight is 198 g/mol. The van der Waals surface area contributed by atoms with E-state index in [4.69, 9.17) is 11.0 Å². The summed E-state index contributed by atoms with van der Waals surface area (Å²) in [5.74, 6) is 0.105. The molecular formula is C12H10N2O. The predicted molar refractivity (Wildman–Crippen MR) is 57.4 cm³/mol. The topological polar surface area (TPSA) is 70.0 Å². The van der Waals surface area contributed by atoms with Crippen molar-refractivity contribution in [3.63, 3.8) is 0 Å². The Morgan fingerprint density at radius 2 is 2.20 bits per heavy atom. The molecule has 0 fully saturated rings. The van der Waals surface area contributed by atoms with Gasteiger partial charge in [0.2, 0.25) is 0 Å². The molecule has 2 aliphatic rings. The third-order valence-electron chi connectivity index (χ3n) is 2.44. The molecule has 3 N–H and O–H groups in total. The van der Waals surface area contributed by atoms with Crippen molar-refractivity contribution < 1.29 is 5.11 Å². The first-order chi connectivity index (χ1) is 7.22. The predicted octanol–water partition coefficient (Wildman–Crippen LogP) is 1.85. The lowest BCUT2D eigenvalue weighted by molar-refractivity contribution is 0.422. The van der Waals surface area contributed by atoms with Gasteiger partial charge in [-0.25, -0.2) is 0 Å². The second-order valence-corrected chi connectivity index (χ2v) is 3.40. The molecule has 0 saturated heterocycles. The maximum Gasteiger partial charge on any atom is 0.138 e. The largest absolute Gasteiger partial charge is 0.506 e. The minimum absolute atomic E-state index is 0.0444. The van der Waals surface area contributed by atoms with Gasteiger partial charge in [0.1, 0.15) is 5.76 Å². The Morgan fingerprint density at radius 3 is 2.93 bits per heavy atom. The van der Waals surface area contributed by atoms with E-state index in [2.05, 4.69) is 6.07 Å². The monoisotopic (exact) mass is 198 g/mol. The molecule has 3 heteroatoms. The number of nitriles is 1. The summed E-state index contributed by atoms with van der Waals surface area (Å²) in [4.78, 5) is 0. The molecule has 0 amide bonds. The van der Waals surface area contributed by atoms with Gasteiger partial charge in [-0.15, -0.1) is 0 Å². The SMILES string of the molecule is N#CC1=CC=CC2C=CC(O)=C(N)C2=C1. The smallest absolute Gasteiger partial charge is 0.138 e. The zero-order valence-electron chi connectivity index (χ0n) is 8.01. The van der Waals surface area contributed by atoms with E-state index in [1.54, 1.807) is 18.2 Å². The zero-order chi connectivity index (χ0) is 10.8. The molecule has 1 atom stereocenters. The third kappa shape index (κ3) is 1.57. The summed E-state index contributed by atoms with van der Waals surface area (Å²) in [6, 6.07) is 2.06. The van der Waals surface area contributed by atoms with Gasteiger partial charge in [0.15, 0.2) is 0 Å². The van der Waals surface area contributed by atoms with Crippen molar-refractivity contribution in [2.75, 3.05) is 0 Å². The van der Waals surface area contributed by atoms with E-state index >= 15 is 0 Å². The molecule has 74 valence electrons. The van der Waals surface area contributed by atoms with Crippen molar-refractivity contribution >= 4 is 0 Å². The Morgan fingerprint density at radius 1 is 1.40 bits per heavy atom. The molecule has 1 unspecified atom stereocenters. The van der Waals surface area contributed by atoms with Crippen LogP contribution in [0.1, 0.15) is 0 Å². The molecule has 0 aliphatic heterocycles. The van der Waals surface area contributed by atoms with Gasteiger partial charge in [-0.3, -0.25) is 0 Å². The second kappa shape index (κ2) is 3.50. The van der Waals surface area contributed by atoms with Gasteiger partial charge in [0.05, 0.1) is 17.3 Å². The molecule has 0 spiro atoms. The molecule has 0 aromatic carbocycles. The molecule has 15 heavy (non-hydrogen) atoms. The average Bonchev–Trinajstić information content (AvgIpc) is 2.45. The van der Waals surface area contributed by atoms with E-state index < -0.39 is 0 Å². The van der Waals surface area contributed by atoms with Crippen molar-refractivity contribution in [3.8, 4) is 6.07 Å². The molecule has 3 nitrogen and oxygen atoms in total. The highest BCUT2D eigenvalue weighted by atomic mass is 16.3. The summed E-state index contributed by atoms with van der Waals surface area (Å²) in [6.07, 6.45) is 10.6. The van der Waals surface area contributed by atoms with Gasteiger partial charge < -0.3 is 10.8 Å². The fraction of sp³-hybridized carbons (Fsp3) is 0.0833. The molecule has 0 aromatic heterocycles. The molecule has 0 bridgehead atoms. The Bertz CT molecular complexity index is 484. The lowest BCUT2D eigenvalue weighted by atomic mass is 9.90. The highest BCUT2D eigenvalue weighted by molar-refractivity contribution is 5.52. The van der Waals surface area contributed by atoms with Crippen LogP contribution < -0.4 is 5.73 Å². The van der Waals surface area contributed by atoms with Gasteiger partial charge in [-0.05, 0) is 23.8 Å². The van der Waals surface area contributed by atoms with E-state index in [-0.39, 0.29) is 11.7 Å². The summed E-state index contributed by atoms with van der Waals surface area (Å²) in [5.41, 5.74) is 7.41. The minimum atomic E-state index is 0.0444. The van der Waals surface area contributed by atoms with Gasteiger partial charge in [-0.1, -0.05) is 18.2 Å². The van der Waals surface area contributed by atoms with E-state index in [1.807, 2.05) is 18.2 Å². The second-order valence-electron chi connectivity index (χ2n) is 3.40. The number of allylic oxidation sites excluding steroid dienone is 8. The lowest BCUT2D eigenvalue weighted by Gasteiger charge is -2.18. The summed E-state index contributed by atoms with van der Waals surface area (Å²) in [5, 5.41) is 18.3. The number of nitrogens with zero attached hydrogens (tertiary/aromatic N) is 1. The van der Waals surface area contributed by atoms with Crippen LogP contribution in [0.5, 0.6) is 0 Å². The van der Waals surface area contributed by atoms with Crippen molar-refractivity contribution in [1.29, 1.82) is 5.26 Å². The Balaban J connectivity index is 2.53. The standard InChI is InChI=1S/C12H10N2O/c13-7-8-2-1-3-9-4-5-11(15)12(14)10(9)6-8/h1-6,9,15H,14H2. The van der Waals surface area contributed by atoms with E-state index in [1.165, 1.54) is 0 Å². The highest BCUT2D eigenvalue weighted by Crippen LogP contribution is 2.29. The molecule has 0 heterocycles. The number of aliphatic hydroxyl groups excluding tert-OH is 1. The van der Waals surface area contributed by atoms with Gasteiger partial charge >= 0.3 is 0 Å². The van der Waals surface area contributed by atoms with Crippen LogP contribution in [0.25, 0.3) is 0 Å². The normalized spacial score (nSPS) is 23.8. The number of nitrogens with two attached hydrogens (primary N) is 1. The van der Waals surface area contributed by atoms with Crippen LogP contribution in [0.4, 0.5) is 0 Å². The maximum absolute atomic E-state index is 9.47. The van der Waals surface area contributed by atoms with Crippen LogP contribution >= 0.6 is 0 Å². The van der Waals surface area contributed by atoms with E-state index in [0.717, 1.165) is 5.57 Å². The molecule has 0 saturated carbocycles. The first-order valence-electron chi connectivity index (χ1n) is 4.60. The van der Waals surface area contributed by atoms with Crippen LogP contribution in [-0.2, 0) is 0 Å². The summed E-state index contributed by atoms with van der Waals surface area (Å²) in [7, 11) is 0. The van der Waals surface area contributed by atoms with Crippen molar-refractivity contribution in [2.24, 2.45) is 11.7 Å². The van der Waals surface area contributed by atoms with Crippen LogP contribution in [0.2, 0.25) is 0 Å². The van der Waals surface area contributed by atoms with Gasteiger partial charge in [-0.2, -0.15) is 5.26 Å². The number of rotatable bonds is 0. The first-order valence-corrected chi connectivity index (χ1v) is 4.60. The van der Waals surface area contributed by atoms with Crippen molar-refractivity contribution in [1.82, 2.24) is 0 Å². The molecule has 0 aromatic rings. The first kappa shape index (κ1) is 9.35. The van der Waals surface area contributed by atoms with Crippen LogP contribution in [0.15, 0.2) is 59.1 Å². The fourth-order valence-corrected chi connectivity index (χ4v) is 1.62. The fourth-order valence-electron chi connectivity index (χ4n) is 1.62. The van der Waals surface area contributed by atoms with Crippen LogP contribution in [0.3, 0.4) is 0 Å². The van der Waals surface area contributed by atoms with Gasteiger partial charge in [0.25, 0.3) is 0 Å². The highest BCUT2D eigenvalue weighted by Gasteiger charge is 2.19. The number of fused-ring (bicyclic) bond motifs is 1. The number of hydrogen-bond acceptors (Lipinski definition) is 3. The van der Waals surface area contributed by atoms with Gasteiger partial charge in [0, 0.05) is 5.92 Å². The quantitative estimate of drug-likeness (QED) is 0.624. The minimum Gasteiger partial charge on any atom is -0.506 e. The van der Waals surface area contributed by atoms with Crippen molar-refractivity contribution in [3.05, 3.63) is 59.1 Å². The Hall–Kier alpha value is -2.21. The Kier molecular flexibility index (Phi) is 2.18. The molecule has 0 radical (unpaired) electrons. The summed E-state index contributed by atoms with van der Waals surface area (Å²) >= 11 is 0. The molecule has 2 rings (SSSR count). The van der Waals surface area contributed by atoms with Crippen LogP contribution in [0, 0.1) is 17.2 Å². The maximum atomic E-state index is 9.47. The third-order valence-corrected chi connectivity index (χ3v) is 2.44. The summed E-state index contributed by atoms with van der Waals surface area (Å²) in [6.45, 7) is 0.